The molecule has 0 aromatic heterocycles. The molecule has 1 aromatic carbocycles. The van der Waals surface area contributed by atoms with Crippen LogP contribution in [0.1, 0.15) is 24.2 Å². The Bertz CT molecular complexity index is 416. The third-order valence-electron chi connectivity index (χ3n) is 2.65. The van der Waals surface area contributed by atoms with Crippen molar-refractivity contribution in [2.24, 2.45) is 5.73 Å². The third kappa shape index (κ3) is 4.89. The number of anilines is 1. The minimum absolute atomic E-state index is 0. The Balaban J connectivity index is 0.00000324. The van der Waals surface area contributed by atoms with Gasteiger partial charge < -0.3 is 16.0 Å². The highest BCUT2D eigenvalue weighted by atomic mass is 35.5. The van der Waals surface area contributed by atoms with Crippen molar-refractivity contribution in [3.63, 3.8) is 0 Å². The predicted octanol–water partition coefficient (Wildman–Crippen LogP) is 1.49. The predicted molar refractivity (Wildman–Crippen MR) is 78.6 cm³/mol. The Morgan fingerprint density at radius 2 is 1.68 bits per heavy atom. The molecule has 6 heteroatoms. The number of amides is 2. The summed E-state index contributed by atoms with van der Waals surface area (Å²) < 4.78 is 0. The molecule has 0 saturated heterocycles. The Morgan fingerprint density at radius 1 is 1.16 bits per heavy atom. The molecule has 0 spiro atoms. The zero-order chi connectivity index (χ0) is 13.5. The van der Waals surface area contributed by atoms with Gasteiger partial charge in [-0.2, -0.15) is 0 Å². The normalized spacial score (nSPS) is 9.42. The van der Waals surface area contributed by atoms with Crippen LogP contribution in [0, 0.1) is 0 Å². The van der Waals surface area contributed by atoms with Crippen LogP contribution in [-0.4, -0.2) is 36.3 Å². The van der Waals surface area contributed by atoms with Gasteiger partial charge in [-0.25, -0.2) is 0 Å². The molecule has 0 unspecified atom stereocenters. The molecule has 1 rings (SSSR count). The van der Waals surface area contributed by atoms with Gasteiger partial charge in [0.2, 0.25) is 5.91 Å². The maximum atomic E-state index is 12.0. The van der Waals surface area contributed by atoms with Crippen molar-refractivity contribution in [1.29, 1.82) is 0 Å². The van der Waals surface area contributed by atoms with Crippen molar-refractivity contribution in [3.05, 3.63) is 29.8 Å². The molecule has 0 aliphatic rings. The molecule has 1 aromatic rings. The van der Waals surface area contributed by atoms with E-state index in [0.29, 0.717) is 24.3 Å². The Morgan fingerprint density at radius 3 is 2.11 bits per heavy atom. The van der Waals surface area contributed by atoms with E-state index < -0.39 is 0 Å². The zero-order valence-corrected chi connectivity index (χ0v) is 12.0. The largest absolute Gasteiger partial charge is 0.339 e. The summed E-state index contributed by atoms with van der Waals surface area (Å²) in [5, 5.41) is 2.63. The van der Waals surface area contributed by atoms with E-state index in [1.807, 2.05) is 13.8 Å². The first kappa shape index (κ1) is 17.4. The third-order valence-corrected chi connectivity index (χ3v) is 2.65. The molecule has 5 nitrogen and oxygen atoms in total. The Hall–Kier alpha value is -1.59. The summed E-state index contributed by atoms with van der Waals surface area (Å²) in [6.45, 7) is 5.19. The number of nitrogens with zero attached hydrogens (tertiary/aromatic N) is 1. The van der Waals surface area contributed by atoms with Crippen molar-refractivity contribution in [2.45, 2.75) is 13.8 Å². The van der Waals surface area contributed by atoms with Crippen LogP contribution >= 0.6 is 12.4 Å². The highest BCUT2D eigenvalue weighted by molar-refractivity contribution is 5.96. The van der Waals surface area contributed by atoms with Crippen LogP contribution in [0.5, 0.6) is 0 Å². The SMILES string of the molecule is CCN(CC)C(=O)c1ccc(NC(=O)CN)cc1.Cl. The number of hydrogen-bond donors (Lipinski definition) is 2. The number of carbonyl (C=O) groups is 2. The van der Waals surface area contributed by atoms with Crippen LogP contribution in [0.15, 0.2) is 24.3 Å². The monoisotopic (exact) mass is 285 g/mol. The zero-order valence-electron chi connectivity index (χ0n) is 11.2. The second kappa shape index (κ2) is 8.50. The van der Waals surface area contributed by atoms with Gasteiger partial charge >= 0.3 is 0 Å². The van der Waals surface area contributed by atoms with Gasteiger partial charge in [-0.05, 0) is 38.1 Å². The number of nitrogens with two attached hydrogens (primary N) is 1. The molecule has 0 fully saturated rings. The molecule has 0 radical (unpaired) electrons. The van der Waals surface area contributed by atoms with Gasteiger partial charge in [0, 0.05) is 24.3 Å². The van der Waals surface area contributed by atoms with E-state index in [9.17, 15) is 9.59 Å². The summed E-state index contributed by atoms with van der Waals surface area (Å²) in [5.74, 6) is -0.255. The van der Waals surface area contributed by atoms with E-state index in [1.165, 1.54) is 0 Å². The van der Waals surface area contributed by atoms with Gasteiger partial charge in [-0.3, -0.25) is 9.59 Å². The first-order valence-corrected chi connectivity index (χ1v) is 6.01. The van der Waals surface area contributed by atoms with Gasteiger partial charge in [-0.15, -0.1) is 12.4 Å². The van der Waals surface area contributed by atoms with Crippen LogP contribution in [0.25, 0.3) is 0 Å². The quantitative estimate of drug-likeness (QED) is 0.860. The topological polar surface area (TPSA) is 75.4 Å². The summed E-state index contributed by atoms with van der Waals surface area (Å²) in [6, 6.07) is 6.80. The lowest BCUT2D eigenvalue weighted by Crippen LogP contribution is -2.30. The lowest BCUT2D eigenvalue weighted by Gasteiger charge is -2.18. The Labute approximate surface area is 119 Å². The summed E-state index contributed by atoms with van der Waals surface area (Å²) in [6.07, 6.45) is 0. The van der Waals surface area contributed by atoms with Crippen molar-refractivity contribution in [3.8, 4) is 0 Å². The molecular weight excluding hydrogens is 266 g/mol. The molecule has 0 aliphatic carbocycles. The first-order chi connectivity index (χ1) is 8.62. The van der Waals surface area contributed by atoms with Gasteiger partial charge in [0.15, 0.2) is 0 Å². The van der Waals surface area contributed by atoms with Gasteiger partial charge in [0.25, 0.3) is 5.91 Å². The number of nitrogens with one attached hydrogen (secondary N) is 1. The van der Waals surface area contributed by atoms with Gasteiger partial charge in [0.1, 0.15) is 0 Å². The van der Waals surface area contributed by atoms with Crippen LogP contribution in [0.4, 0.5) is 5.69 Å². The summed E-state index contributed by atoms with van der Waals surface area (Å²) in [5.41, 5.74) is 6.46. The van der Waals surface area contributed by atoms with E-state index >= 15 is 0 Å². The molecule has 0 heterocycles. The minimum Gasteiger partial charge on any atom is -0.339 e. The van der Waals surface area contributed by atoms with Crippen molar-refractivity contribution < 1.29 is 9.59 Å². The number of rotatable bonds is 5. The standard InChI is InChI=1S/C13H19N3O2.ClH/c1-3-16(4-2)13(18)10-5-7-11(8-6-10)15-12(17)9-14;/h5-8H,3-4,9,14H2,1-2H3,(H,15,17);1H. The number of hydrogen-bond acceptors (Lipinski definition) is 3. The van der Waals surface area contributed by atoms with E-state index in [4.69, 9.17) is 5.73 Å². The maximum absolute atomic E-state index is 12.0. The van der Waals surface area contributed by atoms with Gasteiger partial charge in [0.05, 0.1) is 6.54 Å². The molecular formula is C13H20ClN3O2. The molecule has 2 amide bonds. The van der Waals surface area contributed by atoms with Crippen molar-refractivity contribution in [1.82, 2.24) is 4.90 Å². The second-order valence-corrected chi connectivity index (χ2v) is 3.81. The van der Waals surface area contributed by atoms with Crippen molar-refractivity contribution in [2.75, 3.05) is 25.0 Å². The van der Waals surface area contributed by atoms with Crippen molar-refractivity contribution >= 4 is 29.9 Å². The molecule has 0 bridgehead atoms. The average molecular weight is 286 g/mol. The lowest BCUT2D eigenvalue weighted by atomic mass is 10.2. The molecule has 0 aliphatic heterocycles. The van der Waals surface area contributed by atoms with Gasteiger partial charge in [-0.1, -0.05) is 0 Å². The number of benzene rings is 1. The van der Waals surface area contributed by atoms with E-state index in [-0.39, 0.29) is 30.8 Å². The summed E-state index contributed by atoms with van der Waals surface area (Å²) >= 11 is 0. The first-order valence-electron chi connectivity index (χ1n) is 6.01. The maximum Gasteiger partial charge on any atom is 0.253 e. The molecule has 3 N–H and O–H groups in total. The highest BCUT2D eigenvalue weighted by Gasteiger charge is 2.11. The van der Waals surface area contributed by atoms with E-state index in [2.05, 4.69) is 5.32 Å². The van der Waals surface area contributed by atoms with E-state index in [0.717, 1.165) is 0 Å². The fourth-order valence-electron chi connectivity index (χ4n) is 1.60. The molecule has 0 saturated carbocycles. The highest BCUT2D eigenvalue weighted by Crippen LogP contribution is 2.11. The summed E-state index contributed by atoms with van der Waals surface area (Å²) in [7, 11) is 0. The molecule has 106 valence electrons. The van der Waals surface area contributed by atoms with Crippen LogP contribution in [0.3, 0.4) is 0 Å². The summed E-state index contributed by atoms with van der Waals surface area (Å²) in [4.78, 5) is 24.8. The lowest BCUT2D eigenvalue weighted by molar-refractivity contribution is -0.114. The molecule has 0 atom stereocenters. The molecule has 19 heavy (non-hydrogen) atoms. The fraction of sp³-hybridized carbons (Fsp3) is 0.385. The minimum atomic E-state index is -0.252. The smallest absolute Gasteiger partial charge is 0.253 e. The second-order valence-electron chi connectivity index (χ2n) is 3.81. The number of carbonyl (C=O) groups excluding carboxylic acids is 2. The number of halogens is 1. The average Bonchev–Trinajstić information content (AvgIpc) is 2.40. The van der Waals surface area contributed by atoms with E-state index in [1.54, 1.807) is 29.2 Å². The van der Waals surface area contributed by atoms with Crippen LogP contribution < -0.4 is 11.1 Å². The Kier molecular flexibility index (Phi) is 7.79. The van der Waals surface area contributed by atoms with Crippen LogP contribution in [0.2, 0.25) is 0 Å². The fourth-order valence-corrected chi connectivity index (χ4v) is 1.60. The van der Waals surface area contributed by atoms with Crippen LogP contribution in [-0.2, 0) is 4.79 Å².